The van der Waals surface area contributed by atoms with E-state index in [0.717, 1.165) is 6.42 Å². The molecule has 0 heterocycles. The number of nitrogens with one attached hydrogen (secondary N) is 1. The highest BCUT2D eigenvalue weighted by Crippen LogP contribution is 1.91. The number of hydrogen-bond donors (Lipinski definition) is 3. The highest BCUT2D eigenvalue weighted by atomic mass is 16.3. The molecular weight excluding hydrogens is 118 g/mol. The van der Waals surface area contributed by atoms with Gasteiger partial charge in [0.15, 0.2) is 0 Å². The molecule has 2 atom stereocenters. The van der Waals surface area contributed by atoms with Crippen molar-refractivity contribution in [1.29, 1.82) is 0 Å². The van der Waals surface area contributed by atoms with Crippen LogP contribution in [0.5, 0.6) is 0 Å². The summed E-state index contributed by atoms with van der Waals surface area (Å²) in [5.41, 5.74) is 0. The highest BCUT2D eigenvalue weighted by Gasteiger charge is 2.02. The minimum absolute atomic E-state index is 0.560. The van der Waals surface area contributed by atoms with Crippen LogP contribution in [-0.4, -0.2) is 22.7 Å². The average molecular weight is 133 g/mol. The Labute approximate surface area is 55.7 Å². The molecular formula is C6H15NO2. The van der Waals surface area contributed by atoms with Gasteiger partial charge in [-0.05, 0) is 13.3 Å². The van der Waals surface area contributed by atoms with Crippen molar-refractivity contribution in [2.75, 3.05) is 0 Å². The molecule has 0 fully saturated rings. The summed E-state index contributed by atoms with van der Waals surface area (Å²) in [6.07, 6.45) is 0.424. The maximum absolute atomic E-state index is 8.95. The average Bonchev–Trinajstić information content (AvgIpc) is 1.63. The minimum Gasteiger partial charge on any atom is -0.379 e. The van der Waals surface area contributed by atoms with Crippen molar-refractivity contribution in [3.05, 3.63) is 0 Å². The normalized spacial score (nSPS) is 17.3. The van der Waals surface area contributed by atoms with Gasteiger partial charge in [-0.25, -0.2) is 0 Å². The summed E-state index contributed by atoms with van der Waals surface area (Å²) in [5.74, 6) is 0. The molecule has 0 aliphatic carbocycles. The highest BCUT2D eigenvalue weighted by molar-refractivity contribution is 4.51. The Morgan fingerprint density at radius 3 is 2.33 bits per heavy atom. The Morgan fingerprint density at radius 2 is 2.00 bits per heavy atom. The largest absolute Gasteiger partial charge is 0.379 e. The third-order valence-corrected chi connectivity index (χ3v) is 0.996. The van der Waals surface area contributed by atoms with Crippen molar-refractivity contribution < 1.29 is 10.2 Å². The first-order chi connectivity index (χ1) is 4.16. The number of rotatable bonds is 4. The lowest BCUT2D eigenvalue weighted by atomic mass is 10.3. The van der Waals surface area contributed by atoms with Gasteiger partial charge in [0.05, 0.1) is 0 Å². The van der Waals surface area contributed by atoms with E-state index in [1.54, 1.807) is 6.92 Å². The maximum Gasteiger partial charge on any atom is 0.106 e. The van der Waals surface area contributed by atoms with Crippen molar-refractivity contribution in [1.82, 2.24) is 5.32 Å². The van der Waals surface area contributed by atoms with Crippen molar-refractivity contribution in [2.24, 2.45) is 0 Å². The van der Waals surface area contributed by atoms with Crippen molar-refractivity contribution in [3.63, 3.8) is 0 Å². The molecule has 0 aromatic carbocycles. The molecule has 3 heteroatoms. The van der Waals surface area contributed by atoms with Gasteiger partial charge in [0.1, 0.15) is 12.5 Å². The first-order valence-electron chi connectivity index (χ1n) is 3.29. The molecule has 0 aromatic heterocycles. The molecule has 0 aliphatic rings. The van der Waals surface area contributed by atoms with Crippen LogP contribution in [0, 0.1) is 0 Å². The van der Waals surface area contributed by atoms with Crippen molar-refractivity contribution in [3.8, 4) is 0 Å². The van der Waals surface area contributed by atoms with E-state index in [9.17, 15) is 0 Å². The summed E-state index contributed by atoms with van der Waals surface area (Å²) in [4.78, 5) is 0. The summed E-state index contributed by atoms with van der Waals surface area (Å²) in [6, 6.07) is 0. The lowest BCUT2D eigenvalue weighted by Gasteiger charge is -2.13. The zero-order valence-corrected chi connectivity index (χ0v) is 5.96. The lowest BCUT2D eigenvalue weighted by Crippen LogP contribution is -2.35. The van der Waals surface area contributed by atoms with Gasteiger partial charge >= 0.3 is 0 Å². The van der Waals surface area contributed by atoms with Crippen LogP contribution in [0.15, 0.2) is 0 Å². The fourth-order valence-corrected chi connectivity index (χ4v) is 0.635. The van der Waals surface area contributed by atoms with Gasteiger partial charge in [-0.3, -0.25) is 5.32 Å². The van der Waals surface area contributed by atoms with Crippen LogP contribution in [0.25, 0.3) is 0 Å². The van der Waals surface area contributed by atoms with E-state index >= 15 is 0 Å². The molecule has 0 radical (unpaired) electrons. The monoisotopic (exact) mass is 133 g/mol. The molecule has 9 heavy (non-hydrogen) atoms. The van der Waals surface area contributed by atoms with Gasteiger partial charge in [0.2, 0.25) is 0 Å². The van der Waals surface area contributed by atoms with Crippen LogP contribution >= 0.6 is 0 Å². The Bertz CT molecular complexity index is 66.1. The quantitative estimate of drug-likeness (QED) is 0.474. The smallest absolute Gasteiger partial charge is 0.106 e. The molecule has 0 saturated heterocycles. The van der Waals surface area contributed by atoms with Gasteiger partial charge in [0.25, 0.3) is 0 Å². The van der Waals surface area contributed by atoms with Gasteiger partial charge < -0.3 is 10.2 Å². The fourth-order valence-electron chi connectivity index (χ4n) is 0.635. The second kappa shape index (κ2) is 4.73. The SMILES string of the molecule is CCCC(O)NC(C)O. The van der Waals surface area contributed by atoms with E-state index in [4.69, 9.17) is 10.2 Å². The van der Waals surface area contributed by atoms with Gasteiger partial charge in [-0.15, -0.1) is 0 Å². The molecule has 0 aromatic rings. The maximum atomic E-state index is 8.95. The topological polar surface area (TPSA) is 52.5 Å². The minimum atomic E-state index is -0.619. The lowest BCUT2D eigenvalue weighted by molar-refractivity contribution is 0.0471. The molecule has 2 unspecified atom stereocenters. The molecule has 0 spiro atoms. The first-order valence-corrected chi connectivity index (χ1v) is 3.29. The number of aliphatic hydroxyl groups excluding tert-OH is 2. The zero-order chi connectivity index (χ0) is 7.28. The van der Waals surface area contributed by atoms with Gasteiger partial charge in [-0.1, -0.05) is 13.3 Å². The van der Waals surface area contributed by atoms with E-state index in [-0.39, 0.29) is 0 Å². The molecule has 56 valence electrons. The third-order valence-electron chi connectivity index (χ3n) is 0.996. The molecule has 0 bridgehead atoms. The third kappa shape index (κ3) is 5.76. The van der Waals surface area contributed by atoms with Crippen molar-refractivity contribution >= 4 is 0 Å². The van der Waals surface area contributed by atoms with Gasteiger partial charge in [0, 0.05) is 0 Å². The summed E-state index contributed by atoms with van der Waals surface area (Å²) in [5, 5.41) is 20.2. The predicted octanol–water partition coefficient (Wildman–Crippen LogP) is 0.0328. The van der Waals surface area contributed by atoms with Crippen LogP contribution in [0.2, 0.25) is 0 Å². The Kier molecular flexibility index (Phi) is 4.67. The Hall–Kier alpha value is -0.120. The van der Waals surface area contributed by atoms with Gasteiger partial charge in [-0.2, -0.15) is 0 Å². The van der Waals surface area contributed by atoms with Crippen LogP contribution in [0.3, 0.4) is 0 Å². The van der Waals surface area contributed by atoms with E-state index in [1.807, 2.05) is 6.92 Å². The molecule has 0 amide bonds. The van der Waals surface area contributed by atoms with Crippen LogP contribution < -0.4 is 5.32 Å². The van der Waals surface area contributed by atoms with Crippen molar-refractivity contribution in [2.45, 2.75) is 39.1 Å². The molecule has 3 nitrogen and oxygen atoms in total. The zero-order valence-electron chi connectivity index (χ0n) is 5.96. The van der Waals surface area contributed by atoms with E-state index in [0.29, 0.717) is 6.42 Å². The number of aliphatic hydroxyl groups is 2. The molecule has 0 saturated carbocycles. The Morgan fingerprint density at radius 1 is 1.44 bits per heavy atom. The summed E-state index contributed by atoms with van der Waals surface area (Å²) in [6.45, 7) is 3.56. The van der Waals surface area contributed by atoms with E-state index in [2.05, 4.69) is 5.32 Å². The van der Waals surface area contributed by atoms with E-state index < -0.39 is 12.5 Å². The second-order valence-corrected chi connectivity index (χ2v) is 2.15. The molecule has 0 rings (SSSR count). The first kappa shape index (κ1) is 8.88. The second-order valence-electron chi connectivity index (χ2n) is 2.15. The summed E-state index contributed by atoms with van der Waals surface area (Å²) in [7, 11) is 0. The van der Waals surface area contributed by atoms with Crippen LogP contribution in [0.4, 0.5) is 0 Å². The van der Waals surface area contributed by atoms with Crippen LogP contribution in [-0.2, 0) is 0 Å². The number of hydrogen-bond acceptors (Lipinski definition) is 3. The summed E-state index contributed by atoms with van der Waals surface area (Å²) >= 11 is 0. The van der Waals surface area contributed by atoms with Crippen LogP contribution in [0.1, 0.15) is 26.7 Å². The Balaban J connectivity index is 3.15. The standard InChI is InChI=1S/C6H15NO2/c1-3-4-6(9)7-5(2)8/h5-9H,3-4H2,1-2H3. The van der Waals surface area contributed by atoms with E-state index in [1.165, 1.54) is 0 Å². The summed E-state index contributed by atoms with van der Waals surface area (Å²) < 4.78 is 0. The predicted molar refractivity (Wildman–Crippen MR) is 35.7 cm³/mol. The fraction of sp³-hybridized carbons (Fsp3) is 1.00. The molecule has 3 N–H and O–H groups in total. The molecule has 0 aliphatic heterocycles.